The Bertz CT molecular complexity index is 473. The fourth-order valence-corrected chi connectivity index (χ4v) is 2.86. The first-order valence-corrected chi connectivity index (χ1v) is 6.26. The second-order valence-electron chi connectivity index (χ2n) is 3.65. The number of rotatable bonds is 3. The van der Waals surface area contributed by atoms with Crippen molar-refractivity contribution in [2.75, 3.05) is 7.11 Å². The van der Waals surface area contributed by atoms with Gasteiger partial charge in [0.25, 0.3) is 5.01 Å². The number of hydrogen-bond acceptors (Lipinski definition) is 2. The average Bonchev–Trinajstić information content (AvgIpc) is 2.70. The topological polar surface area (TPSA) is 13.1 Å². The molecule has 0 fully saturated rings. The maximum absolute atomic E-state index is 5.16. The van der Waals surface area contributed by atoms with Gasteiger partial charge in [-0.15, -0.1) is 0 Å². The van der Waals surface area contributed by atoms with Crippen molar-refractivity contribution in [2.45, 2.75) is 20.4 Å². The minimum atomic E-state index is 0.903. The lowest BCUT2D eigenvalue weighted by molar-refractivity contribution is -0.684. The van der Waals surface area contributed by atoms with Crippen LogP contribution in [-0.2, 0) is 6.54 Å². The SMILES string of the molecule is CC[n+]1c(C)csc1-c1ccc(OC)cc1. The lowest BCUT2D eigenvalue weighted by atomic mass is 10.2. The first kappa shape index (κ1) is 11.1. The predicted molar refractivity (Wildman–Crippen MR) is 66.9 cm³/mol. The lowest BCUT2D eigenvalue weighted by Gasteiger charge is -2.00. The largest absolute Gasteiger partial charge is 0.497 e. The van der Waals surface area contributed by atoms with Gasteiger partial charge in [-0.25, -0.2) is 0 Å². The number of methoxy groups -OCH3 is 1. The van der Waals surface area contributed by atoms with E-state index in [1.807, 2.05) is 12.1 Å². The van der Waals surface area contributed by atoms with E-state index < -0.39 is 0 Å². The number of hydrogen-bond donors (Lipinski definition) is 0. The fraction of sp³-hybridized carbons (Fsp3) is 0.308. The zero-order valence-electron chi connectivity index (χ0n) is 9.86. The van der Waals surface area contributed by atoms with Crippen molar-refractivity contribution >= 4 is 11.3 Å². The molecule has 0 bridgehead atoms. The molecule has 84 valence electrons. The van der Waals surface area contributed by atoms with Gasteiger partial charge in [0.05, 0.1) is 18.1 Å². The molecule has 2 nitrogen and oxygen atoms in total. The van der Waals surface area contributed by atoms with E-state index >= 15 is 0 Å². The van der Waals surface area contributed by atoms with Crippen molar-refractivity contribution in [1.82, 2.24) is 0 Å². The summed E-state index contributed by atoms with van der Waals surface area (Å²) in [6, 6.07) is 8.22. The van der Waals surface area contributed by atoms with E-state index in [-0.39, 0.29) is 0 Å². The summed E-state index contributed by atoms with van der Waals surface area (Å²) in [5.41, 5.74) is 2.57. The quantitative estimate of drug-likeness (QED) is 0.744. The molecule has 0 N–H and O–H groups in total. The zero-order chi connectivity index (χ0) is 11.5. The summed E-state index contributed by atoms with van der Waals surface area (Å²) in [5.74, 6) is 0.903. The smallest absolute Gasteiger partial charge is 0.269 e. The van der Waals surface area contributed by atoms with E-state index in [9.17, 15) is 0 Å². The molecule has 1 aromatic heterocycles. The minimum Gasteiger partial charge on any atom is -0.497 e. The normalized spacial score (nSPS) is 10.4. The maximum Gasteiger partial charge on any atom is 0.269 e. The van der Waals surface area contributed by atoms with Crippen LogP contribution in [0.5, 0.6) is 5.75 Å². The maximum atomic E-state index is 5.16. The summed E-state index contributed by atoms with van der Waals surface area (Å²) in [7, 11) is 1.69. The van der Waals surface area contributed by atoms with Crippen LogP contribution in [0.4, 0.5) is 0 Å². The molecule has 0 aliphatic carbocycles. The average molecular weight is 234 g/mol. The lowest BCUT2D eigenvalue weighted by Crippen LogP contribution is -2.35. The molecule has 0 aliphatic heterocycles. The Morgan fingerprint density at radius 1 is 1.25 bits per heavy atom. The molecule has 2 rings (SSSR count). The highest BCUT2D eigenvalue weighted by atomic mass is 32.1. The summed E-state index contributed by atoms with van der Waals surface area (Å²) < 4.78 is 7.49. The third-order valence-electron chi connectivity index (χ3n) is 2.67. The molecule has 0 amide bonds. The predicted octanol–water partition coefficient (Wildman–Crippen LogP) is 3.04. The van der Waals surface area contributed by atoms with Crippen molar-refractivity contribution in [1.29, 1.82) is 0 Å². The van der Waals surface area contributed by atoms with Gasteiger partial charge in [-0.2, -0.15) is 4.57 Å². The highest BCUT2D eigenvalue weighted by Gasteiger charge is 2.16. The van der Waals surface area contributed by atoms with Crippen LogP contribution >= 0.6 is 11.3 Å². The summed E-state index contributed by atoms with van der Waals surface area (Å²) in [5, 5.41) is 3.51. The fourth-order valence-electron chi connectivity index (χ4n) is 1.78. The van der Waals surface area contributed by atoms with Crippen LogP contribution in [0, 0.1) is 6.92 Å². The third-order valence-corrected chi connectivity index (χ3v) is 3.80. The van der Waals surface area contributed by atoms with Crippen LogP contribution < -0.4 is 9.30 Å². The van der Waals surface area contributed by atoms with Crippen molar-refractivity contribution in [3.8, 4) is 16.3 Å². The van der Waals surface area contributed by atoms with Gasteiger partial charge >= 0.3 is 0 Å². The van der Waals surface area contributed by atoms with Gasteiger partial charge in [-0.05, 0) is 31.2 Å². The number of aromatic nitrogens is 1. The molecule has 0 saturated heterocycles. The standard InChI is InChI=1S/C13H16NOS/c1-4-14-10(2)9-16-13(14)11-5-7-12(15-3)8-6-11/h5-9H,4H2,1-3H3/q+1. The Hall–Kier alpha value is -1.35. The van der Waals surface area contributed by atoms with E-state index in [2.05, 4.69) is 35.9 Å². The van der Waals surface area contributed by atoms with Crippen LogP contribution in [0.1, 0.15) is 12.6 Å². The third kappa shape index (κ3) is 1.95. The number of nitrogens with zero attached hydrogens (tertiary/aromatic N) is 1. The van der Waals surface area contributed by atoms with Gasteiger partial charge in [-0.3, -0.25) is 0 Å². The van der Waals surface area contributed by atoms with Crippen molar-refractivity contribution in [3.63, 3.8) is 0 Å². The summed E-state index contributed by atoms with van der Waals surface area (Å²) in [6.07, 6.45) is 0. The Kier molecular flexibility index (Phi) is 3.25. The first-order chi connectivity index (χ1) is 7.76. The minimum absolute atomic E-state index is 0.903. The number of thiazole rings is 1. The van der Waals surface area contributed by atoms with Gasteiger partial charge in [0.15, 0.2) is 5.69 Å². The van der Waals surface area contributed by atoms with E-state index in [0.717, 1.165) is 12.3 Å². The van der Waals surface area contributed by atoms with Gasteiger partial charge in [0, 0.05) is 6.92 Å². The number of ether oxygens (including phenoxy) is 1. The number of aryl methyl sites for hydroxylation is 1. The van der Waals surface area contributed by atoms with E-state index in [1.165, 1.54) is 16.3 Å². The Morgan fingerprint density at radius 3 is 2.50 bits per heavy atom. The zero-order valence-corrected chi connectivity index (χ0v) is 10.7. The molecule has 0 unspecified atom stereocenters. The molecule has 0 atom stereocenters. The molecule has 1 aromatic carbocycles. The van der Waals surface area contributed by atoms with Gasteiger partial charge in [0.2, 0.25) is 0 Å². The van der Waals surface area contributed by atoms with E-state index in [1.54, 1.807) is 18.4 Å². The van der Waals surface area contributed by atoms with Crippen molar-refractivity contribution in [3.05, 3.63) is 35.3 Å². The Morgan fingerprint density at radius 2 is 1.94 bits per heavy atom. The molecule has 0 aliphatic rings. The molecule has 0 saturated carbocycles. The van der Waals surface area contributed by atoms with Gasteiger partial charge < -0.3 is 4.74 Å². The Labute approximate surface area is 100 Å². The molecular formula is C13H16NOS+. The number of benzene rings is 1. The molecule has 16 heavy (non-hydrogen) atoms. The molecule has 0 spiro atoms. The van der Waals surface area contributed by atoms with Crippen LogP contribution in [0.15, 0.2) is 29.6 Å². The second kappa shape index (κ2) is 4.66. The van der Waals surface area contributed by atoms with Gasteiger partial charge in [0.1, 0.15) is 12.3 Å². The summed E-state index contributed by atoms with van der Waals surface area (Å²) in [4.78, 5) is 0. The van der Waals surface area contributed by atoms with Crippen molar-refractivity contribution in [2.24, 2.45) is 0 Å². The first-order valence-electron chi connectivity index (χ1n) is 5.38. The molecular weight excluding hydrogens is 218 g/mol. The van der Waals surface area contributed by atoms with Crippen LogP contribution in [0.2, 0.25) is 0 Å². The van der Waals surface area contributed by atoms with Crippen LogP contribution in [-0.4, -0.2) is 7.11 Å². The van der Waals surface area contributed by atoms with Crippen LogP contribution in [0.3, 0.4) is 0 Å². The van der Waals surface area contributed by atoms with Gasteiger partial charge in [-0.1, -0.05) is 11.3 Å². The van der Waals surface area contributed by atoms with Crippen molar-refractivity contribution < 1.29 is 9.30 Å². The molecule has 3 heteroatoms. The summed E-state index contributed by atoms with van der Waals surface area (Å²) in [6.45, 7) is 5.33. The van der Waals surface area contributed by atoms with Crippen LogP contribution in [0.25, 0.3) is 10.6 Å². The highest BCUT2D eigenvalue weighted by Crippen LogP contribution is 2.24. The highest BCUT2D eigenvalue weighted by molar-refractivity contribution is 7.12. The molecule has 0 radical (unpaired) electrons. The molecule has 1 heterocycles. The van der Waals surface area contributed by atoms with E-state index in [0.29, 0.717) is 0 Å². The second-order valence-corrected chi connectivity index (χ2v) is 4.51. The van der Waals surface area contributed by atoms with E-state index in [4.69, 9.17) is 4.74 Å². The monoisotopic (exact) mass is 234 g/mol. The molecule has 2 aromatic rings. The summed E-state index contributed by atoms with van der Waals surface area (Å²) >= 11 is 1.79. The Balaban J connectivity index is 2.42.